The van der Waals surface area contributed by atoms with E-state index < -0.39 is 0 Å². The van der Waals surface area contributed by atoms with Crippen molar-refractivity contribution in [2.24, 2.45) is 18.8 Å². The van der Waals surface area contributed by atoms with Gasteiger partial charge in [-0.25, -0.2) is 0 Å². The Morgan fingerprint density at radius 2 is 2.19 bits per heavy atom. The summed E-state index contributed by atoms with van der Waals surface area (Å²) in [6.07, 6.45) is 3.31. The molecule has 4 heteroatoms. The lowest BCUT2D eigenvalue weighted by atomic mass is 9.94. The van der Waals surface area contributed by atoms with E-state index in [0.29, 0.717) is 5.92 Å². The first-order valence-electron chi connectivity index (χ1n) is 6.12. The largest absolute Gasteiger partial charge is 0.271 e. The van der Waals surface area contributed by atoms with Crippen LogP contribution in [-0.4, -0.2) is 9.78 Å². The molecule has 2 atom stereocenters. The van der Waals surface area contributed by atoms with Crippen molar-refractivity contribution >= 4 is 0 Å². The minimum atomic E-state index is 0.192. The first-order chi connectivity index (χ1) is 7.63. The van der Waals surface area contributed by atoms with Crippen molar-refractivity contribution in [3.63, 3.8) is 0 Å². The molecule has 0 fully saturated rings. The molecule has 1 heterocycles. The van der Waals surface area contributed by atoms with Crippen LogP contribution in [0.5, 0.6) is 0 Å². The summed E-state index contributed by atoms with van der Waals surface area (Å²) in [4.78, 5) is 0. The molecule has 0 radical (unpaired) electrons. The predicted octanol–water partition coefficient (Wildman–Crippen LogP) is 1.92. The summed E-state index contributed by atoms with van der Waals surface area (Å²) in [5, 5.41) is 4.46. The van der Waals surface area contributed by atoms with Crippen LogP contribution in [0, 0.1) is 5.92 Å². The number of rotatable bonds is 6. The molecule has 92 valence electrons. The van der Waals surface area contributed by atoms with Crippen LogP contribution in [0.3, 0.4) is 0 Å². The number of hydrogen-bond acceptors (Lipinski definition) is 3. The van der Waals surface area contributed by atoms with Crippen molar-refractivity contribution in [1.29, 1.82) is 0 Å². The average molecular weight is 224 g/mol. The first-order valence-corrected chi connectivity index (χ1v) is 6.12. The van der Waals surface area contributed by atoms with Crippen LogP contribution in [0.15, 0.2) is 6.07 Å². The van der Waals surface area contributed by atoms with Gasteiger partial charge in [-0.15, -0.1) is 0 Å². The second-order valence-corrected chi connectivity index (χ2v) is 4.45. The van der Waals surface area contributed by atoms with Gasteiger partial charge in [0.15, 0.2) is 0 Å². The van der Waals surface area contributed by atoms with Crippen LogP contribution >= 0.6 is 0 Å². The maximum atomic E-state index is 5.66. The van der Waals surface area contributed by atoms with E-state index in [9.17, 15) is 0 Å². The number of nitrogens with two attached hydrogens (primary N) is 1. The molecular formula is C12H24N4. The minimum absolute atomic E-state index is 0.192. The van der Waals surface area contributed by atoms with Gasteiger partial charge in [0, 0.05) is 7.05 Å². The summed E-state index contributed by atoms with van der Waals surface area (Å²) in [5.74, 6) is 6.19. The quantitative estimate of drug-likeness (QED) is 0.573. The molecule has 1 aromatic heterocycles. The molecule has 3 N–H and O–H groups in total. The molecule has 0 aliphatic heterocycles. The second-order valence-electron chi connectivity index (χ2n) is 4.45. The maximum absolute atomic E-state index is 5.66. The molecule has 0 amide bonds. The van der Waals surface area contributed by atoms with Crippen LogP contribution in [0.4, 0.5) is 0 Å². The van der Waals surface area contributed by atoms with Gasteiger partial charge < -0.3 is 0 Å². The van der Waals surface area contributed by atoms with E-state index in [0.717, 1.165) is 12.1 Å². The molecular weight excluding hydrogens is 200 g/mol. The summed E-state index contributed by atoms with van der Waals surface area (Å²) in [5.41, 5.74) is 5.23. The van der Waals surface area contributed by atoms with E-state index >= 15 is 0 Å². The van der Waals surface area contributed by atoms with E-state index in [-0.39, 0.29) is 6.04 Å². The summed E-state index contributed by atoms with van der Waals surface area (Å²) in [6, 6.07) is 2.34. The van der Waals surface area contributed by atoms with Crippen LogP contribution in [0.2, 0.25) is 0 Å². The van der Waals surface area contributed by atoms with Crippen molar-refractivity contribution in [1.82, 2.24) is 15.2 Å². The zero-order chi connectivity index (χ0) is 12.1. The number of aromatic nitrogens is 2. The molecule has 0 spiro atoms. The molecule has 1 rings (SSSR count). The smallest absolute Gasteiger partial charge is 0.0654 e. The van der Waals surface area contributed by atoms with E-state index in [1.54, 1.807) is 0 Å². The topological polar surface area (TPSA) is 55.9 Å². The lowest BCUT2D eigenvalue weighted by Gasteiger charge is -2.22. The van der Waals surface area contributed by atoms with Crippen molar-refractivity contribution in [3.8, 4) is 0 Å². The molecule has 0 aromatic carbocycles. The fourth-order valence-corrected chi connectivity index (χ4v) is 2.17. The van der Waals surface area contributed by atoms with Gasteiger partial charge in [0.25, 0.3) is 0 Å². The van der Waals surface area contributed by atoms with Crippen molar-refractivity contribution in [3.05, 3.63) is 17.5 Å². The highest BCUT2D eigenvalue weighted by Crippen LogP contribution is 2.25. The van der Waals surface area contributed by atoms with E-state index in [1.807, 2.05) is 11.7 Å². The Labute approximate surface area is 98.2 Å². The van der Waals surface area contributed by atoms with Gasteiger partial charge in [-0.05, 0) is 24.8 Å². The number of aryl methyl sites for hydroxylation is 2. The third-order valence-corrected chi connectivity index (χ3v) is 3.14. The third kappa shape index (κ3) is 2.83. The molecule has 0 saturated heterocycles. The van der Waals surface area contributed by atoms with Gasteiger partial charge in [-0.1, -0.05) is 27.2 Å². The molecule has 4 nitrogen and oxygen atoms in total. The Balaban J connectivity index is 2.89. The van der Waals surface area contributed by atoms with Crippen LogP contribution in [0.1, 0.15) is 51.0 Å². The normalized spacial score (nSPS) is 15.1. The van der Waals surface area contributed by atoms with Crippen molar-refractivity contribution < 1.29 is 0 Å². The van der Waals surface area contributed by atoms with E-state index in [2.05, 4.69) is 37.4 Å². The summed E-state index contributed by atoms with van der Waals surface area (Å²) < 4.78 is 1.94. The number of hydrazine groups is 1. The number of nitrogens with one attached hydrogen (secondary N) is 1. The Kier molecular flexibility index (Phi) is 4.96. The number of hydrogen-bond donors (Lipinski definition) is 2. The SMILES string of the molecule is CCCC(C)C(NN)c1cc(CC)nn1C. The zero-order valence-electron chi connectivity index (χ0n) is 10.8. The Bertz CT molecular complexity index is 319. The van der Waals surface area contributed by atoms with Gasteiger partial charge in [-0.3, -0.25) is 16.0 Å². The van der Waals surface area contributed by atoms with Crippen LogP contribution in [0.25, 0.3) is 0 Å². The van der Waals surface area contributed by atoms with Gasteiger partial charge in [-0.2, -0.15) is 5.10 Å². The molecule has 2 unspecified atom stereocenters. The minimum Gasteiger partial charge on any atom is -0.271 e. The molecule has 0 bridgehead atoms. The molecule has 1 aromatic rings. The van der Waals surface area contributed by atoms with Crippen LogP contribution in [-0.2, 0) is 13.5 Å². The first kappa shape index (κ1) is 13.2. The Hall–Kier alpha value is -0.870. The monoisotopic (exact) mass is 224 g/mol. The van der Waals surface area contributed by atoms with Gasteiger partial charge in [0.1, 0.15) is 0 Å². The van der Waals surface area contributed by atoms with Crippen LogP contribution < -0.4 is 11.3 Å². The number of nitrogens with zero attached hydrogens (tertiary/aromatic N) is 2. The fraction of sp³-hybridized carbons (Fsp3) is 0.750. The lowest BCUT2D eigenvalue weighted by Crippen LogP contribution is -2.33. The van der Waals surface area contributed by atoms with Gasteiger partial charge in [0.2, 0.25) is 0 Å². The standard InChI is InChI=1S/C12H24N4/c1-5-7-9(3)12(14-13)11-8-10(6-2)15-16(11)4/h8-9,12,14H,5-7,13H2,1-4H3. The molecule has 0 aliphatic carbocycles. The average Bonchev–Trinajstić information content (AvgIpc) is 2.62. The highest BCUT2D eigenvalue weighted by Gasteiger charge is 2.21. The summed E-state index contributed by atoms with van der Waals surface area (Å²) in [7, 11) is 1.98. The molecule has 0 saturated carbocycles. The van der Waals surface area contributed by atoms with Crippen molar-refractivity contribution in [2.45, 2.75) is 46.1 Å². The molecule has 0 aliphatic rings. The lowest BCUT2D eigenvalue weighted by molar-refractivity contribution is 0.351. The van der Waals surface area contributed by atoms with E-state index in [1.165, 1.54) is 18.5 Å². The van der Waals surface area contributed by atoms with Gasteiger partial charge in [0.05, 0.1) is 17.4 Å². The summed E-state index contributed by atoms with van der Waals surface area (Å²) >= 11 is 0. The highest BCUT2D eigenvalue weighted by atomic mass is 15.3. The second kappa shape index (κ2) is 6.01. The third-order valence-electron chi connectivity index (χ3n) is 3.14. The van der Waals surface area contributed by atoms with Crippen molar-refractivity contribution in [2.75, 3.05) is 0 Å². The highest BCUT2D eigenvalue weighted by molar-refractivity contribution is 5.14. The summed E-state index contributed by atoms with van der Waals surface area (Å²) in [6.45, 7) is 6.55. The van der Waals surface area contributed by atoms with Gasteiger partial charge >= 0.3 is 0 Å². The maximum Gasteiger partial charge on any atom is 0.0654 e. The predicted molar refractivity (Wildman–Crippen MR) is 66.7 cm³/mol. The zero-order valence-corrected chi connectivity index (χ0v) is 10.8. The molecule has 16 heavy (non-hydrogen) atoms. The fourth-order valence-electron chi connectivity index (χ4n) is 2.17. The Morgan fingerprint density at radius 3 is 2.62 bits per heavy atom. The van der Waals surface area contributed by atoms with E-state index in [4.69, 9.17) is 5.84 Å². The Morgan fingerprint density at radius 1 is 1.50 bits per heavy atom.